The summed E-state index contributed by atoms with van der Waals surface area (Å²) in [5.74, 6) is 0.273. The van der Waals surface area contributed by atoms with Crippen molar-refractivity contribution in [2.75, 3.05) is 18.6 Å². The molecule has 0 aliphatic rings. The summed E-state index contributed by atoms with van der Waals surface area (Å²) in [6.45, 7) is -0.0770. The molecular formula is C17H15N3O2. The second-order valence-electron chi connectivity index (χ2n) is 4.77. The maximum absolute atomic E-state index is 12.2. The second-order valence-corrected chi connectivity index (χ2v) is 4.77. The van der Waals surface area contributed by atoms with E-state index in [-0.39, 0.29) is 12.5 Å². The maximum Gasteiger partial charge on any atom is 0.264 e. The van der Waals surface area contributed by atoms with Crippen molar-refractivity contribution in [2.24, 2.45) is 0 Å². The molecule has 3 aromatic rings. The monoisotopic (exact) mass is 293 g/mol. The van der Waals surface area contributed by atoms with E-state index in [9.17, 15) is 4.79 Å². The molecule has 0 bridgehead atoms. The van der Waals surface area contributed by atoms with Crippen molar-refractivity contribution in [3.05, 3.63) is 60.9 Å². The Balaban J connectivity index is 1.73. The normalized spacial score (nSPS) is 10.4. The molecule has 5 nitrogen and oxygen atoms in total. The van der Waals surface area contributed by atoms with Crippen molar-refractivity contribution < 1.29 is 9.53 Å². The van der Waals surface area contributed by atoms with E-state index in [0.29, 0.717) is 5.88 Å². The lowest BCUT2D eigenvalue weighted by atomic mass is 10.2. The van der Waals surface area contributed by atoms with Crippen LogP contribution in [0.4, 0.5) is 5.69 Å². The number of carbonyl (C=O) groups is 1. The number of ether oxygens (including phenoxy) is 1. The zero-order valence-electron chi connectivity index (χ0n) is 12.1. The number of benzene rings is 2. The van der Waals surface area contributed by atoms with Gasteiger partial charge in [-0.25, -0.2) is 9.97 Å². The van der Waals surface area contributed by atoms with Crippen molar-refractivity contribution in [2.45, 2.75) is 0 Å². The molecule has 0 aliphatic heterocycles. The number of carbonyl (C=O) groups excluding carboxylic acids is 1. The van der Waals surface area contributed by atoms with Gasteiger partial charge < -0.3 is 9.64 Å². The second kappa shape index (κ2) is 6.22. The molecule has 0 saturated carbocycles. The van der Waals surface area contributed by atoms with Gasteiger partial charge >= 0.3 is 0 Å². The third-order valence-corrected chi connectivity index (χ3v) is 3.36. The highest BCUT2D eigenvalue weighted by molar-refractivity contribution is 5.94. The Labute approximate surface area is 128 Å². The summed E-state index contributed by atoms with van der Waals surface area (Å²) in [5, 5.41) is 0.792. The van der Waals surface area contributed by atoms with E-state index in [4.69, 9.17) is 4.74 Å². The minimum absolute atomic E-state index is 0.0770. The van der Waals surface area contributed by atoms with Crippen LogP contribution >= 0.6 is 0 Å². The molecule has 1 amide bonds. The molecule has 0 radical (unpaired) electrons. The van der Waals surface area contributed by atoms with Crippen LogP contribution in [0.25, 0.3) is 10.9 Å². The fourth-order valence-corrected chi connectivity index (χ4v) is 2.12. The average molecular weight is 293 g/mol. The number of likely N-dealkylation sites (N-methyl/N-ethyl adjacent to an activating group) is 1. The lowest BCUT2D eigenvalue weighted by Crippen LogP contribution is -2.31. The Bertz CT molecular complexity index is 785. The summed E-state index contributed by atoms with van der Waals surface area (Å²) < 4.78 is 5.58. The summed E-state index contributed by atoms with van der Waals surface area (Å²) in [4.78, 5) is 22.0. The summed E-state index contributed by atoms with van der Waals surface area (Å²) in [6.07, 6.45) is 1.43. The Hall–Kier alpha value is -2.95. The van der Waals surface area contributed by atoms with E-state index in [1.165, 1.54) is 6.33 Å². The number of hydrogen-bond donors (Lipinski definition) is 0. The van der Waals surface area contributed by atoms with E-state index in [0.717, 1.165) is 16.6 Å². The number of amides is 1. The maximum atomic E-state index is 12.2. The van der Waals surface area contributed by atoms with Crippen LogP contribution in [0.2, 0.25) is 0 Å². The van der Waals surface area contributed by atoms with E-state index in [1.807, 2.05) is 54.6 Å². The van der Waals surface area contributed by atoms with Gasteiger partial charge in [-0.1, -0.05) is 30.3 Å². The fourth-order valence-electron chi connectivity index (χ4n) is 2.12. The number of anilines is 1. The van der Waals surface area contributed by atoms with Crippen LogP contribution in [0.1, 0.15) is 0 Å². The minimum Gasteiger partial charge on any atom is -0.467 e. The van der Waals surface area contributed by atoms with Crippen molar-refractivity contribution in [1.29, 1.82) is 0 Å². The lowest BCUT2D eigenvalue weighted by molar-refractivity contribution is -0.120. The van der Waals surface area contributed by atoms with Gasteiger partial charge in [-0.3, -0.25) is 4.79 Å². The Kier molecular flexibility index (Phi) is 3.96. The largest absolute Gasteiger partial charge is 0.467 e. The molecule has 3 rings (SSSR count). The van der Waals surface area contributed by atoms with Crippen LogP contribution < -0.4 is 9.64 Å². The summed E-state index contributed by atoms with van der Waals surface area (Å²) >= 11 is 0. The third-order valence-electron chi connectivity index (χ3n) is 3.36. The number of para-hydroxylation sites is 2. The number of rotatable bonds is 4. The Morgan fingerprint density at radius 2 is 1.77 bits per heavy atom. The molecule has 1 aromatic heterocycles. The van der Waals surface area contributed by atoms with Crippen LogP contribution in [0, 0.1) is 0 Å². The van der Waals surface area contributed by atoms with Gasteiger partial charge in [0.05, 0.1) is 10.9 Å². The first-order valence-corrected chi connectivity index (χ1v) is 6.90. The van der Waals surface area contributed by atoms with Gasteiger partial charge in [0, 0.05) is 12.7 Å². The predicted molar refractivity (Wildman–Crippen MR) is 84.9 cm³/mol. The van der Waals surface area contributed by atoms with Crippen LogP contribution in [0.15, 0.2) is 60.9 Å². The summed E-state index contributed by atoms with van der Waals surface area (Å²) in [5.41, 5.74) is 1.61. The summed E-state index contributed by atoms with van der Waals surface area (Å²) in [7, 11) is 1.72. The fraction of sp³-hybridized carbons (Fsp3) is 0.118. The van der Waals surface area contributed by atoms with Gasteiger partial charge in [-0.2, -0.15) is 0 Å². The molecule has 0 aliphatic carbocycles. The van der Waals surface area contributed by atoms with Crippen LogP contribution in [0.5, 0.6) is 5.88 Å². The highest BCUT2D eigenvalue weighted by Crippen LogP contribution is 2.20. The van der Waals surface area contributed by atoms with Crippen LogP contribution in [-0.4, -0.2) is 29.5 Å². The number of aromatic nitrogens is 2. The number of fused-ring (bicyclic) bond motifs is 1. The molecule has 0 unspecified atom stereocenters. The van der Waals surface area contributed by atoms with E-state index >= 15 is 0 Å². The van der Waals surface area contributed by atoms with Gasteiger partial charge in [-0.15, -0.1) is 0 Å². The molecular weight excluding hydrogens is 278 g/mol. The standard InChI is InChI=1S/C17H15N3O2/c1-20(13-7-3-2-4-8-13)16(21)11-22-17-14-9-5-6-10-15(14)18-12-19-17/h2-10,12H,11H2,1H3. The van der Waals surface area contributed by atoms with Crippen molar-refractivity contribution >= 4 is 22.5 Å². The first-order chi connectivity index (χ1) is 10.8. The molecule has 0 atom stereocenters. The molecule has 0 fully saturated rings. The van der Waals surface area contributed by atoms with E-state index in [2.05, 4.69) is 9.97 Å². The van der Waals surface area contributed by atoms with Crippen molar-refractivity contribution in [3.8, 4) is 5.88 Å². The van der Waals surface area contributed by atoms with Gasteiger partial charge in [-0.05, 0) is 24.3 Å². The van der Waals surface area contributed by atoms with Crippen molar-refractivity contribution in [1.82, 2.24) is 9.97 Å². The zero-order valence-corrected chi connectivity index (χ0v) is 12.1. The third kappa shape index (κ3) is 2.88. The molecule has 0 saturated heterocycles. The highest BCUT2D eigenvalue weighted by atomic mass is 16.5. The predicted octanol–water partition coefficient (Wildman–Crippen LogP) is 2.67. The first-order valence-electron chi connectivity index (χ1n) is 6.90. The SMILES string of the molecule is CN(C(=O)COc1ncnc2ccccc12)c1ccccc1. The summed E-state index contributed by atoms with van der Waals surface area (Å²) in [6, 6.07) is 17.0. The van der Waals surface area contributed by atoms with Gasteiger partial charge in [0.2, 0.25) is 5.88 Å². The molecule has 1 heterocycles. The topological polar surface area (TPSA) is 55.3 Å². The molecule has 5 heteroatoms. The lowest BCUT2D eigenvalue weighted by Gasteiger charge is -2.17. The number of nitrogens with zero attached hydrogens (tertiary/aromatic N) is 3. The Morgan fingerprint density at radius 1 is 1.05 bits per heavy atom. The van der Waals surface area contributed by atoms with Crippen LogP contribution in [0.3, 0.4) is 0 Å². The smallest absolute Gasteiger partial charge is 0.264 e. The molecule has 22 heavy (non-hydrogen) atoms. The average Bonchev–Trinajstić information content (AvgIpc) is 2.59. The highest BCUT2D eigenvalue weighted by Gasteiger charge is 2.13. The number of hydrogen-bond acceptors (Lipinski definition) is 4. The van der Waals surface area contributed by atoms with Gasteiger partial charge in [0.25, 0.3) is 5.91 Å². The van der Waals surface area contributed by atoms with Crippen LogP contribution in [-0.2, 0) is 4.79 Å². The first kappa shape index (κ1) is 14.0. The van der Waals surface area contributed by atoms with Gasteiger partial charge in [0.15, 0.2) is 6.61 Å². The molecule has 0 spiro atoms. The van der Waals surface area contributed by atoms with E-state index < -0.39 is 0 Å². The van der Waals surface area contributed by atoms with E-state index in [1.54, 1.807) is 11.9 Å². The zero-order chi connectivity index (χ0) is 15.4. The quantitative estimate of drug-likeness (QED) is 0.742. The molecule has 0 N–H and O–H groups in total. The minimum atomic E-state index is -0.145. The Morgan fingerprint density at radius 3 is 2.59 bits per heavy atom. The van der Waals surface area contributed by atoms with Gasteiger partial charge in [0.1, 0.15) is 6.33 Å². The molecule has 2 aromatic carbocycles. The molecule has 110 valence electrons. The van der Waals surface area contributed by atoms with Crippen molar-refractivity contribution in [3.63, 3.8) is 0 Å².